The summed E-state index contributed by atoms with van der Waals surface area (Å²) in [6, 6.07) is 11.1. The molecule has 1 saturated carbocycles. The van der Waals surface area contributed by atoms with Crippen molar-refractivity contribution in [3.8, 4) is 0 Å². The number of benzene rings is 1. The standard InChI is InChI=1S/C21H29NO/c1-20(2,3)19-15-17(16-9-5-4-6-10-16)18-11-7-8-12-21(18)22(19)13-14-23-21/h4-6,9-10,15,17-18H,7-8,11-14H2,1-3H3/p+1/t17-,18+,21-/m1/s1. The van der Waals surface area contributed by atoms with Gasteiger partial charge in [0, 0.05) is 17.8 Å². The molecule has 2 aliphatic heterocycles. The maximum absolute atomic E-state index is 6.55. The average Bonchev–Trinajstić information content (AvgIpc) is 2.96. The van der Waals surface area contributed by atoms with Crippen molar-refractivity contribution in [1.82, 2.24) is 0 Å². The van der Waals surface area contributed by atoms with Crippen LogP contribution in [0.4, 0.5) is 0 Å². The van der Waals surface area contributed by atoms with Crippen molar-refractivity contribution < 1.29 is 9.64 Å². The van der Waals surface area contributed by atoms with E-state index in [-0.39, 0.29) is 11.1 Å². The van der Waals surface area contributed by atoms with Gasteiger partial charge in [0.05, 0.1) is 5.92 Å². The molecule has 0 aromatic heterocycles. The fourth-order valence-electron chi connectivity index (χ4n) is 5.29. The summed E-state index contributed by atoms with van der Waals surface area (Å²) in [7, 11) is 0. The molecule has 0 bridgehead atoms. The average molecular weight is 312 g/mol. The molecule has 2 fully saturated rings. The summed E-state index contributed by atoms with van der Waals surface area (Å²) in [5.41, 5.74) is 3.28. The van der Waals surface area contributed by atoms with Gasteiger partial charge in [-0.1, -0.05) is 57.5 Å². The van der Waals surface area contributed by atoms with Crippen LogP contribution in [0.2, 0.25) is 0 Å². The quantitative estimate of drug-likeness (QED) is 0.838. The van der Waals surface area contributed by atoms with E-state index >= 15 is 0 Å². The lowest BCUT2D eigenvalue weighted by molar-refractivity contribution is -0.935. The second-order valence-corrected chi connectivity index (χ2v) is 8.59. The number of quaternary nitrogens is 1. The fraction of sp³-hybridized carbons (Fsp3) is 0.619. The van der Waals surface area contributed by atoms with Gasteiger partial charge < -0.3 is 4.74 Å². The minimum atomic E-state index is 0.0378. The van der Waals surface area contributed by atoms with Gasteiger partial charge in [0.2, 0.25) is 5.72 Å². The summed E-state index contributed by atoms with van der Waals surface area (Å²) in [6.45, 7) is 9.15. The second-order valence-electron chi connectivity index (χ2n) is 8.59. The molecule has 23 heavy (non-hydrogen) atoms. The van der Waals surface area contributed by atoms with Gasteiger partial charge in [-0.3, -0.25) is 4.90 Å². The predicted molar refractivity (Wildman–Crippen MR) is 93.2 cm³/mol. The Hall–Kier alpha value is -1.12. The van der Waals surface area contributed by atoms with Crippen molar-refractivity contribution in [2.24, 2.45) is 11.3 Å². The van der Waals surface area contributed by atoms with Crippen LogP contribution in [0.5, 0.6) is 0 Å². The van der Waals surface area contributed by atoms with Crippen LogP contribution in [-0.2, 0) is 4.74 Å². The largest absolute Gasteiger partial charge is 0.320 e. The van der Waals surface area contributed by atoms with Crippen molar-refractivity contribution in [2.45, 2.75) is 58.1 Å². The van der Waals surface area contributed by atoms with Crippen LogP contribution < -0.4 is 4.90 Å². The summed E-state index contributed by atoms with van der Waals surface area (Å²) >= 11 is 0. The molecule has 4 atom stereocenters. The molecule has 2 nitrogen and oxygen atoms in total. The van der Waals surface area contributed by atoms with Crippen molar-refractivity contribution >= 4 is 0 Å². The van der Waals surface area contributed by atoms with Gasteiger partial charge in [-0.15, -0.1) is 0 Å². The maximum atomic E-state index is 6.55. The summed E-state index contributed by atoms with van der Waals surface area (Å²) in [5, 5.41) is 0. The SMILES string of the molecule is CC(C)(C)C1=C[C@H](c2ccccc2)[C@@H]2CCCC[C@@]23OCC[NH+]13. The molecule has 1 aromatic rings. The molecule has 1 spiro atoms. The zero-order valence-corrected chi connectivity index (χ0v) is 14.8. The van der Waals surface area contributed by atoms with Gasteiger partial charge in [-0.2, -0.15) is 0 Å². The number of hydrogen-bond donors (Lipinski definition) is 1. The molecule has 0 radical (unpaired) electrons. The first-order valence-electron chi connectivity index (χ1n) is 9.30. The molecular formula is C21H30NO+. The Morgan fingerprint density at radius 1 is 1.13 bits per heavy atom. The van der Waals surface area contributed by atoms with Crippen LogP contribution in [0.15, 0.2) is 42.1 Å². The Kier molecular flexibility index (Phi) is 3.66. The van der Waals surface area contributed by atoms with E-state index in [0.29, 0.717) is 11.8 Å². The molecule has 2 heterocycles. The first-order valence-corrected chi connectivity index (χ1v) is 9.30. The summed E-state index contributed by atoms with van der Waals surface area (Å²) in [5.74, 6) is 1.13. The molecule has 1 aliphatic carbocycles. The first-order chi connectivity index (χ1) is 11.0. The van der Waals surface area contributed by atoms with Gasteiger partial charge in [0.1, 0.15) is 18.8 Å². The van der Waals surface area contributed by atoms with E-state index in [1.807, 2.05) is 0 Å². The minimum absolute atomic E-state index is 0.0378. The molecule has 2 heteroatoms. The van der Waals surface area contributed by atoms with E-state index in [4.69, 9.17) is 4.74 Å². The zero-order valence-electron chi connectivity index (χ0n) is 14.8. The smallest absolute Gasteiger partial charge is 0.210 e. The molecule has 1 unspecified atom stereocenters. The Morgan fingerprint density at radius 3 is 2.65 bits per heavy atom. The first kappa shape index (κ1) is 15.4. The minimum Gasteiger partial charge on any atom is -0.320 e. The second kappa shape index (κ2) is 5.46. The van der Waals surface area contributed by atoms with E-state index in [1.165, 1.54) is 31.2 Å². The van der Waals surface area contributed by atoms with Crippen LogP contribution in [-0.4, -0.2) is 18.9 Å². The van der Waals surface area contributed by atoms with Gasteiger partial charge in [0.15, 0.2) is 0 Å². The van der Waals surface area contributed by atoms with Crippen LogP contribution in [0.3, 0.4) is 0 Å². The monoisotopic (exact) mass is 312 g/mol. The molecule has 4 rings (SSSR count). The Labute approximate surface area is 140 Å². The third-order valence-corrected chi connectivity index (χ3v) is 6.23. The van der Waals surface area contributed by atoms with E-state index < -0.39 is 0 Å². The topological polar surface area (TPSA) is 13.7 Å². The third kappa shape index (κ3) is 2.38. The summed E-state index contributed by atoms with van der Waals surface area (Å²) in [4.78, 5) is 1.64. The molecule has 1 saturated heterocycles. The zero-order chi connectivity index (χ0) is 16.1. The van der Waals surface area contributed by atoms with Crippen molar-refractivity contribution in [3.05, 3.63) is 47.7 Å². The molecule has 0 amide bonds. The number of nitrogens with one attached hydrogen (secondary N) is 1. The van der Waals surface area contributed by atoms with E-state index in [0.717, 1.165) is 13.2 Å². The van der Waals surface area contributed by atoms with Gasteiger partial charge in [-0.05, 0) is 24.5 Å². The Balaban J connectivity index is 1.86. The highest BCUT2D eigenvalue weighted by Crippen LogP contribution is 2.47. The molecule has 124 valence electrons. The molecule has 1 aromatic carbocycles. The fourth-order valence-corrected chi connectivity index (χ4v) is 5.29. The van der Waals surface area contributed by atoms with E-state index in [1.54, 1.807) is 10.6 Å². The lowest BCUT2D eigenvalue weighted by Crippen LogP contribution is -3.19. The normalized spacial score (nSPS) is 37.0. The highest BCUT2D eigenvalue weighted by atomic mass is 16.5. The van der Waals surface area contributed by atoms with Crippen LogP contribution in [0.25, 0.3) is 0 Å². The van der Waals surface area contributed by atoms with Crippen molar-refractivity contribution in [3.63, 3.8) is 0 Å². The van der Waals surface area contributed by atoms with Gasteiger partial charge in [0.25, 0.3) is 0 Å². The highest BCUT2D eigenvalue weighted by Gasteiger charge is 2.60. The third-order valence-electron chi connectivity index (χ3n) is 6.23. The van der Waals surface area contributed by atoms with E-state index in [9.17, 15) is 0 Å². The molecule has 3 aliphatic rings. The van der Waals surface area contributed by atoms with Gasteiger partial charge >= 0.3 is 0 Å². The van der Waals surface area contributed by atoms with E-state index in [2.05, 4.69) is 57.2 Å². The number of ether oxygens (including phenoxy) is 1. The lowest BCUT2D eigenvalue weighted by Gasteiger charge is -2.50. The number of allylic oxidation sites excluding steroid dienone is 2. The number of hydrogen-bond acceptors (Lipinski definition) is 1. The van der Waals surface area contributed by atoms with Crippen LogP contribution in [0.1, 0.15) is 57.9 Å². The van der Waals surface area contributed by atoms with Crippen LogP contribution in [0, 0.1) is 11.3 Å². The Morgan fingerprint density at radius 2 is 1.91 bits per heavy atom. The maximum Gasteiger partial charge on any atom is 0.210 e. The summed E-state index contributed by atoms with van der Waals surface area (Å²) in [6.07, 6.45) is 7.80. The molecular weight excluding hydrogens is 282 g/mol. The highest BCUT2D eigenvalue weighted by molar-refractivity contribution is 5.29. The van der Waals surface area contributed by atoms with Crippen molar-refractivity contribution in [1.29, 1.82) is 0 Å². The number of rotatable bonds is 1. The van der Waals surface area contributed by atoms with Crippen molar-refractivity contribution in [2.75, 3.05) is 13.2 Å². The Bertz CT molecular complexity index is 600. The lowest BCUT2D eigenvalue weighted by atomic mass is 9.66. The summed E-state index contributed by atoms with van der Waals surface area (Å²) < 4.78 is 6.55. The molecule has 1 N–H and O–H groups in total. The van der Waals surface area contributed by atoms with Gasteiger partial charge in [-0.25, -0.2) is 0 Å². The predicted octanol–water partition coefficient (Wildman–Crippen LogP) is 3.52. The van der Waals surface area contributed by atoms with Crippen LogP contribution >= 0.6 is 0 Å².